The largest absolute Gasteiger partial charge is 0.481 e. The average Bonchev–Trinajstić information content (AvgIpc) is 2.86. The van der Waals surface area contributed by atoms with Crippen LogP contribution in [0.4, 0.5) is 0 Å². The molecule has 1 N–H and O–H groups in total. The summed E-state index contributed by atoms with van der Waals surface area (Å²) in [7, 11) is 0. The lowest BCUT2D eigenvalue weighted by Crippen LogP contribution is -2.43. The molecule has 0 aromatic heterocycles. The molecule has 110 valence electrons. The third-order valence-electron chi connectivity index (χ3n) is 4.86. The highest BCUT2D eigenvalue weighted by atomic mass is 16.4. The van der Waals surface area contributed by atoms with Crippen LogP contribution in [-0.2, 0) is 4.79 Å². The zero-order valence-electron chi connectivity index (χ0n) is 12.3. The zero-order valence-corrected chi connectivity index (χ0v) is 12.3. The Morgan fingerprint density at radius 1 is 1.21 bits per heavy atom. The van der Waals surface area contributed by atoms with Crippen LogP contribution in [-0.4, -0.2) is 59.1 Å². The lowest BCUT2D eigenvalue weighted by Gasteiger charge is -2.36. The van der Waals surface area contributed by atoms with E-state index < -0.39 is 5.97 Å². The van der Waals surface area contributed by atoms with Gasteiger partial charge in [-0.2, -0.15) is 0 Å². The molecule has 2 aliphatic heterocycles. The number of likely N-dealkylation sites (tertiary alicyclic amines) is 2. The molecule has 2 aliphatic rings. The van der Waals surface area contributed by atoms with Crippen LogP contribution in [0, 0.1) is 5.92 Å². The molecule has 1 unspecified atom stereocenters. The Kier molecular flexibility index (Phi) is 5.22. The van der Waals surface area contributed by atoms with Crippen LogP contribution in [0.25, 0.3) is 0 Å². The average molecular weight is 268 g/mol. The highest BCUT2D eigenvalue weighted by Crippen LogP contribution is 2.26. The maximum Gasteiger partial charge on any atom is 0.303 e. The summed E-state index contributed by atoms with van der Waals surface area (Å²) in [6, 6.07) is 1.40. The Morgan fingerprint density at radius 2 is 1.89 bits per heavy atom. The van der Waals surface area contributed by atoms with E-state index in [0.29, 0.717) is 18.4 Å². The van der Waals surface area contributed by atoms with E-state index in [0.717, 1.165) is 12.5 Å². The number of aliphatic carboxylic acids is 1. The summed E-state index contributed by atoms with van der Waals surface area (Å²) in [5.74, 6) is -0.0132. The first kappa shape index (κ1) is 14.8. The van der Waals surface area contributed by atoms with Crippen molar-refractivity contribution in [2.45, 2.75) is 58.0 Å². The van der Waals surface area contributed by atoms with Gasteiger partial charge in [0.15, 0.2) is 0 Å². The first-order chi connectivity index (χ1) is 9.06. The molecule has 2 heterocycles. The molecular weight excluding hydrogens is 240 g/mol. The minimum Gasteiger partial charge on any atom is -0.481 e. The monoisotopic (exact) mass is 268 g/mol. The van der Waals surface area contributed by atoms with E-state index in [1.165, 1.54) is 45.4 Å². The lowest BCUT2D eigenvalue weighted by molar-refractivity contribution is -0.137. The second-order valence-corrected chi connectivity index (χ2v) is 6.44. The van der Waals surface area contributed by atoms with E-state index in [9.17, 15) is 4.79 Å². The molecule has 0 aromatic carbocycles. The van der Waals surface area contributed by atoms with Crippen molar-refractivity contribution in [3.63, 3.8) is 0 Å². The number of carboxylic acids is 1. The first-order valence-electron chi connectivity index (χ1n) is 7.76. The molecular formula is C15H28N2O2. The second-order valence-electron chi connectivity index (χ2n) is 6.44. The Morgan fingerprint density at radius 3 is 2.42 bits per heavy atom. The number of hydrogen-bond acceptors (Lipinski definition) is 3. The highest BCUT2D eigenvalue weighted by molar-refractivity contribution is 5.66. The molecule has 0 aliphatic carbocycles. The second kappa shape index (κ2) is 6.71. The molecule has 0 saturated carbocycles. The molecule has 0 spiro atoms. The highest BCUT2D eigenvalue weighted by Gasteiger charge is 2.31. The quantitative estimate of drug-likeness (QED) is 0.829. The van der Waals surface area contributed by atoms with Crippen LogP contribution in [0.1, 0.15) is 46.0 Å². The van der Waals surface area contributed by atoms with E-state index in [-0.39, 0.29) is 0 Å². The fourth-order valence-corrected chi connectivity index (χ4v) is 3.47. The molecule has 0 amide bonds. The van der Waals surface area contributed by atoms with Crippen molar-refractivity contribution in [1.29, 1.82) is 0 Å². The van der Waals surface area contributed by atoms with Gasteiger partial charge in [-0.1, -0.05) is 0 Å². The summed E-state index contributed by atoms with van der Waals surface area (Å²) >= 11 is 0. The predicted molar refractivity (Wildman–Crippen MR) is 76.3 cm³/mol. The van der Waals surface area contributed by atoms with Gasteiger partial charge in [-0.15, -0.1) is 0 Å². The Balaban J connectivity index is 1.70. The summed E-state index contributed by atoms with van der Waals surface area (Å²) < 4.78 is 0. The van der Waals surface area contributed by atoms with Gasteiger partial charge in [0.05, 0.1) is 0 Å². The van der Waals surface area contributed by atoms with E-state index in [1.54, 1.807) is 0 Å². The minimum absolute atomic E-state index is 0.342. The van der Waals surface area contributed by atoms with Crippen molar-refractivity contribution < 1.29 is 9.90 Å². The van der Waals surface area contributed by atoms with Crippen molar-refractivity contribution in [3.8, 4) is 0 Å². The van der Waals surface area contributed by atoms with E-state index in [1.807, 2.05) is 0 Å². The normalized spacial score (nSPS) is 27.2. The fourth-order valence-electron chi connectivity index (χ4n) is 3.47. The van der Waals surface area contributed by atoms with E-state index >= 15 is 0 Å². The molecule has 2 saturated heterocycles. The van der Waals surface area contributed by atoms with Crippen molar-refractivity contribution in [2.75, 3.05) is 26.2 Å². The SMILES string of the molecule is CC(C)N1CCC(N2CCC(CCC(=O)O)CC2)C1. The van der Waals surface area contributed by atoms with Crippen molar-refractivity contribution >= 4 is 5.97 Å². The number of nitrogens with zero attached hydrogens (tertiary/aromatic N) is 2. The molecule has 1 atom stereocenters. The van der Waals surface area contributed by atoms with Gasteiger partial charge < -0.3 is 5.11 Å². The standard InChI is InChI=1S/C15H28N2O2/c1-12(2)17-10-7-14(11-17)16-8-5-13(6-9-16)3-4-15(18)19/h12-14H,3-11H2,1-2H3,(H,18,19). The van der Waals surface area contributed by atoms with Crippen LogP contribution in [0.2, 0.25) is 0 Å². The molecule has 0 aromatic rings. The molecule has 0 bridgehead atoms. The van der Waals surface area contributed by atoms with Gasteiger partial charge in [-0.05, 0) is 58.5 Å². The fraction of sp³-hybridized carbons (Fsp3) is 0.933. The molecule has 2 fully saturated rings. The maximum absolute atomic E-state index is 10.6. The van der Waals surface area contributed by atoms with Gasteiger partial charge in [0, 0.05) is 31.6 Å². The van der Waals surface area contributed by atoms with Gasteiger partial charge in [0.2, 0.25) is 0 Å². The van der Waals surface area contributed by atoms with Gasteiger partial charge in [-0.3, -0.25) is 14.6 Å². The molecule has 0 radical (unpaired) electrons. The number of piperidine rings is 1. The van der Waals surface area contributed by atoms with Gasteiger partial charge in [-0.25, -0.2) is 0 Å². The number of carboxylic acid groups (broad SMARTS) is 1. The van der Waals surface area contributed by atoms with Crippen LogP contribution < -0.4 is 0 Å². The van der Waals surface area contributed by atoms with Crippen molar-refractivity contribution in [1.82, 2.24) is 9.80 Å². The Hall–Kier alpha value is -0.610. The van der Waals surface area contributed by atoms with Crippen molar-refractivity contribution in [2.24, 2.45) is 5.92 Å². The molecule has 19 heavy (non-hydrogen) atoms. The number of rotatable bonds is 5. The third kappa shape index (κ3) is 4.18. The zero-order chi connectivity index (χ0) is 13.8. The smallest absolute Gasteiger partial charge is 0.303 e. The summed E-state index contributed by atoms with van der Waals surface area (Å²) in [5.41, 5.74) is 0. The Labute approximate surface area is 116 Å². The summed E-state index contributed by atoms with van der Waals surface area (Å²) in [6.07, 6.45) is 4.88. The maximum atomic E-state index is 10.6. The van der Waals surface area contributed by atoms with Crippen LogP contribution in [0.3, 0.4) is 0 Å². The van der Waals surface area contributed by atoms with E-state index in [2.05, 4.69) is 23.6 Å². The van der Waals surface area contributed by atoms with Gasteiger partial charge >= 0.3 is 5.97 Å². The van der Waals surface area contributed by atoms with Gasteiger partial charge in [0.1, 0.15) is 0 Å². The molecule has 4 heteroatoms. The summed E-state index contributed by atoms with van der Waals surface area (Å²) in [6.45, 7) is 9.35. The summed E-state index contributed by atoms with van der Waals surface area (Å²) in [4.78, 5) is 15.8. The number of hydrogen-bond donors (Lipinski definition) is 1. The molecule has 2 rings (SSSR count). The van der Waals surface area contributed by atoms with E-state index in [4.69, 9.17) is 5.11 Å². The number of carbonyl (C=O) groups is 1. The topological polar surface area (TPSA) is 43.8 Å². The predicted octanol–water partition coefficient (Wildman–Crippen LogP) is 2.05. The third-order valence-corrected chi connectivity index (χ3v) is 4.86. The first-order valence-corrected chi connectivity index (χ1v) is 7.76. The van der Waals surface area contributed by atoms with Crippen LogP contribution in [0.15, 0.2) is 0 Å². The minimum atomic E-state index is -0.647. The van der Waals surface area contributed by atoms with Crippen LogP contribution in [0.5, 0.6) is 0 Å². The molecule has 4 nitrogen and oxygen atoms in total. The lowest BCUT2D eigenvalue weighted by atomic mass is 9.91. The van der Waals surface area contributed by atoms with Crippen LogP contribution >= 0.6 is 0 Å². The summed E-state index contributed by atoms with van der Waals surface area (Å²) in [5, 5.41) is 8.73. The van der Waals surface area contributed by atoms with Crippen molar-refractivity contribution in [3.05, 3.63) is 0 Å². The Bertz CT molecular complexity index is 299. The van der Waals surface area contributed by atoms with Gasteiger partial charge in [0.25, 0.3) is 0 Å².